The van der Waals surface area contributed by atoms with Gasteiger partial charge in [0.1, 0.15) is 0 Å². The molecule has 1 aliphatic rings. The fraction of sp³-hybridized carbons (Fsp3) is 0.412. The molecule has 24 heavy (non-hydrogen) atoms. The average Bonchev–Trinajstić information content (AvgIpc) is 3.34. The minimum atomic E-state index is -0.246. The normalized spacial score (nSPS) is 15.1. The van der Waals surface area contributed by atoms with E-state index in [1.54, 1.807) is 4.90 Å². The van der Waals surface area contributed by atoms with Crippen LogP contribution in [0.4, 0.5) is 5.13 Å². The number of ketones is 1. The van der Waals surface area contributed by atoms with Crippen LogP contribution in [0.3, 0.4) is 0 Å². The monoisotopic (exact) mass is 361 g/mol. The van der Waals surface area contributed by atoms with Crippen LogP contribution in [0, 0.1) is 0 Å². The number of carbonyl (C=O) groups is 2. The van der Waals surface area contributed by atoms with E-state index in [2.05, 4.69) is 10.2 Å². The van der Waals surface area contributed by atoms with Crippen molar-refractivity contribution in [1.29, 1.82) is 0 Å². The predicted molar refractivity (Wildman–Crippen MR) is 96.8 cm³/mol. The lowest BCUT2D eigenvalue weighted by Crippen LogP contribution is -2.32. The average molecular weight is 361 g/mol. The standard InChI is InChI=1S/C17H19N3O2S2/c1-3-14(21)20(13-9-10-13)16-18-19-17(24-16)23-11(2)15(22)12-7-5-4-6-8-12/h4-8,11,13H,3,9-10H2,1-2H3. The van der Waals surface area contributed by atoms with Crippen LogP contribution in [0.5, 0.6) is 0 Å². The smallest absolute Gasteiger partial charge is 0.228 e. The highest BCUT2D eigenvalue weighted by molar-refractivity contribution is 8.02. The molecule has 1 saturated carbocycles. The Morgan fingerprint density at radius 3 is 2.62 bits per heavy atom. The number of hydrogen-bond acceptors (Lipinski definition) is 6. The van der Waals surface area contributed by atoms with Gasteiger partial charge in [-0.1, -0.05) is 60.4 Å². The molecule has 0 bridgehead atoms. The summed E-state index contributed by atoms with van der Waals surface area (Å²) in [6, 6.07) is 9.52. The van der Waals surface area contributed by atoms with Crippen LogP contribution in [0.2, 0.25) is 0 Å². The van der Waals surface area contributed by atoms with E-state index in [1.807, 2.05) is 44.2 Å². The lowest BCUT2D eigenvalue weighted by atomic mass is 10.1. The Balaban J connectivity index is 1.69. The molecule has 5 nitrogen and oxygen atoms in total. The molecule has 1 amide bonds. The van der Waals surface area contributed by atoms with Crippen LogP contribution in [0.15, 0.2) is 34.7 Å². The molecule has 0 N–H and O–H groups in total. The highest BCUT2D eigenvalue weighted by Gasteiger charge is 2.35. The second-order valence-corrected chi connectivity index (χ2v) is 8.23. The van der Waals surface area contributed by atoms with Gasteiger partial charge in [0.2, 0.25) is 11.0 Å². The summed E-state index contributed by atoms with van der Waals surface area (Å²) in [5.41, 5.74) is 0.697. The molecule has 1 atom stereocenters. The van der Waals surface area contributed by atoms with E-state index in [4.69, 9.17) is 0 Å². The van der Waals surface area contributed by atoms with Gasteiger partial charge in [0, 0.05) is 18.0 Å². The molecule has 1 heterocycles. The summed E-state index contributed by atoms with van der Waals surface area (Å²) in [5.74, 6) is 0.152. The van der Waals surface area contributed by atoms with Crippen molar-refractivity contribution in [2.75, 3.05) is 4.90 Å². The van der Waals surface area contributed by atoms with E-state index in [1.165, 1.54) is 23.1 Å². The molecule has 1 aromatic carbocycles. The maximum absolute atomic E-state index is 12.4. The van der Waals surface area contributed by atoms with Crippen LogP contribution in [0.25, 0.3) is 0 Å². The van der Waals surface area contributed by atoms with Crippen molar-refractivity contribution in [2.24, 2.45) is 0 Å². The van der Waals surface area contributed by atoms with Gasteiger partial charge < -0.3 is 0 Å². The molecule has 0 saturated heterocycles. The fourth-order valence-electron chi connectivity index (χ4n) is 2.36. The summed E-state index contributed by atoms with van der Waals surface area (Å²) < 4.78 is 0.719. The number of aromatic nitrogens is 2. The van der Waals surface area contributed by atoms with Gasteiger partial charge in [0.15, 0.2) is 10.1 Å². The molecule has 1 aromatic heterocycles. The molecule has 3 rings (SSSR count). The molecule has 0 radical (unpaired) electrons. The second-order valence-electron chi connectivity index (χ2n) is 5.69. The summed E-state index contributed by atoms with van der Waals surface area (Å²) in [7, 11) is 0. The molecule has 2 aromatic rings. The Hall–Kier alpha value is -1.73. The molecule has 1 fully saturated rings. The fourth-order valence-corrected chi connectivity index (χ4v) is 4.51. The van der Waals surface area contributed by atoms with Crippen molar-refractivity contribution in [2.45, 2.75) is 48.7 Å². The molecular weight excluding hydrogens is 342 g/mol. The quantitative estimate of drug-likeness (QED) is 0.426. The van der Waals surface area contributed by atoms with Gasteiger partial charge in [0.05, 0.1) is 5.25 Å². The number of carbonyl (C=O) groups excluding carboxylic acids is 2. The second kappa shape index (κ2) is 7.44. The molecule has 126 valence electrons. The Bertz CT molecular complexity index is 728. The zero-order chi connectivity index (χ0) is 17.1. The van der Waals surface area contributed by atoms with Crippen molar-refractivity contribution >= 4 is 39.9 Å². The number of benzene rings is 1. The third kappa shape index (κ3) is 3.84. The number of hydrogen-bond donors (Lipinski definition) is 0. The van der Waals surface area contributed by atoms with E-state index in [9.17, 15) is 9.59 Å². The van der Waals surface area contributed by atoms with Gasteiger partial charge >= 0.3 is 0 Å². The van der Waals surface area contributed by atoms with E-state index >= 15 is 0 Å². The lowest BCUT2D eigenvalue weighted by Gasteiger charge is -2.17. The number of anilines is 1. The van der Waals surface area contributed by atoms with Gasteiger partial charge in [-0.15, -0.1) is 10.2 Å². The van der Waals surface area contributed by atoms with Gasteiger partial charge in [-0.05, 0) is 19.8 Å². The minimum Gasteiger partial charge on any atom is -0.293 e. The maximum Gasteiger partial charge on any atom is 0.228 e. The van der Waals surface area contributed by atoms with Crippen molar-refractivity contribution in [3.8, 4) is 0 Å². The predicted octanol–water partition coefficient (Wildman–Crippen LogP) is 3.81. The summed E-state index contributed by atoms with van der Waals surface area (Å²) in [6.45, 7) is 3.73. The van der Waals surface area contributed by atoms with E-state index < -0.39 is 0 Å². The Morgan fingerprint density at radius 2 is 2.00 bits per heavy atom. The Labute approximate surface area is 149 Å². The first kappa shape index (κ1) is 17.1. The maximum atomic E-state index is 12.4. The summed E-state index contributed by atoms with van der Waals surface area (Å²) in [4.78, 5) is 26.3. The third-order valence-electron chi connectivity index (χ3n) is 3.79. The summed E-state index contributed by atoms with van der Waals surface area (Å²) >= 11 is 2.78. The van der Waals surface area contributed by atoms with Gasteiger partial charge in [-0.3, -0.25) is 14.5 Å². The topological polar surface area (TPSA) is 63.2 Å². The molecule has 7 heteroatoms. The zero-order valence-electron chi connectivity index (χ0n) is 13.6. The molecule has 0 spiro atoms. The van der Waals surface area contributed by atoms with E-state index in [-0.39, 0.29) is 23.0 Å². The molecule has 1 unspecified atom stereocenters. The minimum absolute atomic E-state index is 0.0704. The summed E-state index contributed by atoms with van der Waals surface area (Å²) in [6.07, 6.45) is 2.51. The number of amides is 1. The zero-order valence-corrected chi connectivity index (χ0v) is 15.3. The van der Waals surface area contributed by atoms with Gasteiger partial charge in [-0.25, -0.2) is 0 Å². The van der Waals surface area contributed by atoms with Crippen LogP contribution >= 0.6 is 23.1 Å². The Morgan fingerprint density at radius 1 is 1.29 bits per heavy atom. The first-order chi connectivity index (χ1) is 11.6. The largest absolute Gasteiger partial charge is 0.293 e. The number of thioether (sulfide) groups is 1. The van der Waals surface area contributed by atoms with Gasteiger partial charge in [0.25, 0.3) is 0 Å². The van der Waals surface area contributed by atoms with Crippen molar-refractivity contribution in [1.82, 2.24) is 10.2 Å². The van der Waals surface area contributed by atoms with Crippen LogP contribution < -0.4 is 4.90 Å². The highest BCUT2D eigenvalue weighted by Crippen LogP contribution is 2.37. The SMILES string of the molecule is CCC(=O)N(c1nnc(SC(C)C(=O)c2ccccc2)s1)C1CC1. The highest BCUT2D eigenvalue weighted by atomic mass is 32.2. The van der Waals surface area contributed by atoms with Crippen LogP contribution in [-0.4, -0.2) is 33.2 Å². The number of nitrogens with zero attached hydrogens (tertiary/aromatic N) is 3. The van der Waals surface area contributed by atoms with Gasteiger partial charge in [-0.2, -0.15) is 0 Å². The third-order valence-corrected chi connectivity index (χ3v) is 5.90. The molecule has 1 aliphatic carbocycles. The van der Waals surface area contributed by atoms with Crippen molar-refractivity contribution < 1.29 is 9.59 Å². The first-order valence-electron chi connectivity index (χ1n) is 8.01. The number of Topliss-reactive ketones (excluding diaryl/α,β-unsaturated/α-hetero) is 1. The van der Waals surface area contributed by atoms with Crippen molar-refractivity contribution in [3.05, 3.63) is 35.9 Å². The molecular formula is C17H19N3O2S2. The van der Waals surface area contributed by atoms with Crippen LogP contribution in [0.1, 0.15) is 43.5 Å². The lowest BCUT2D eigenvalue weighted by molar-refractivity contribution is -0.118. The Kier molecular flexibility index (Phi) is 5.30. The first-order valence-corrected chi connectivity index (χ1v) is 9.71. The number of rotatable bonds is 7. The van der Waals surface area contributed by atoms with Crippen LogP contribution in [-0.2, 0) is 4.79 Å². The van der Waals surface area contributed by atoms with Crippen molar-refractivity contribution in [3.63, 3.8) is 0 Å². The molecule has 0 aliphatic heterocycles. The van der Waals surface area contributed by atoms with E-state index in [0.29, 0.717) is 17.1 Å². The summed E-state index contributed by atoms with van der Waals surface area (Å²) in [5, 5.41) is 8.74. The van der Waals surface area contributed by atoms with E-state index in [0.717, 1.165) is 17.2 Å².